The quantitative estimate of drug-likeness (QED) is 0.641. The van der Waals surface area contributed by atoms with Gasteiger partial charge in [0.15, 0.2) is 17.9 Å². The van der Waals surface area contributed by atoms with Gasteiger partial charge in [-0.1, -0.05) is 0 Å². The number of aliphatic hydroxyl groups is 1. The molecule has 1 saturated heterocycles. The lowest BCUT2D eigenvalue weighted by atomic mass is 9.99. The number of hydrogen-bond donors (Lipinski definition) is 2. The molecular weight excluding hydrogens is 428 g/mol. The number of piperazine rings is 1. The number of aliphatic hydroxyl groups excluding tert-OH is 1. The largest absolute Gasteiger partial charge is 0.369 e. The predicted molar refractivity (Wildman–Crippen MR) is 121 cm³/mol. The van der Waals surface area contributed by atoms with Crippen LogP contribution in [0.25, 0.3) is 17.3 Å². The van der Waals surface area contributed by atoms with Crippen LogP contribution in [0.5, 0.6) is 0 Å². The highest BCUT2D eigenvalue weighted by Crippen LogP contribution is 2.33. The third-order valence-electron chi connectivity index (χ3n) is 6.08. The minimum Gasteiger partial charge on any atom is -0.369 e. The van der Waals surface area contributed by atoms with Gasteiger partial charge < -0.3 is 20.2 Å². The number of amides is 1. The summed E-state index contributed by atoms with van der Waals surface area (Å²) in [6.45, 7) is 3.15. The Hall–Kier alpha value is -3.56. The van der Waals surface area contributed by atoms with Crippen molar-refractivity contribution in [3.8, 4) is 5.69 Å². The molecule has 3 aromatic rings. The molecule has 9 heteroatoms. The summed E-state index contributed by atoms with van der Waals surface area (Å²) in [5, 5.41) is 17.6. The van der Waals surface area contributed by atoms with Crippen LogP contribution in [0.2, 0.25) is 0 Å². The van der Waals surface area contributed by atoms with Gasteiger partial charge in [0.2, 0.25) is 0 Å². The molecule has 2 N–H and O–H groups in total. The molecule has 0 spiro atoms. The van der Waals surface area contributed by atoms with Gasteiger partial charge >= 0.3 is 0 Å². The van der Waals surface area contributed by atoms with Crippen LogP contribution >= 0.6 is 0 Å². The van der Waals surface area contributed by atoms with Crippen molar-refractivity contribution in [2.75, 3.05) is 38.5 Å². The van der Waals surface area contributed by atoms with Crippen LogP contribution in [-0.4, -0.2) is 70.0 Å². The number of nitrogens with zero attached hydrogens (tertiary/aromatic N) is 4. The summed E-state index contributed by atoms with van der Waals surface area (Å²) in [5.41, 5.74) is 3.25. The minimum atomic E-state index is -1.09. The topological polar surface area (TPSA) is 73.6 Å². The smallest absolute Gasteiger partial charge is 0.253 e. The summed E-state index contributed by atoms with van der Waals surface area (Å²) in [4.78, 5) is 16.8. The Kier molecular flexibility index (Phi) is 5.43. The Morgan fingerprint density at radius 2 is 1.79 bits per heavy atom. The van der Waals surface area contributed by atoms with E-state index in [4.69, 9.17) is 0 Å². The van der Waals surface area contributed by atoms with Crippen molar-refractivity contribution in [2.24, 2.45) is 0 Å². The lowest BCUT2D eigenvalue weighted by Gasteiger charge is -2.32. The fourth-order valence-corrected chi connectivity index (χ4v) is 4.08. The van der Waals surface area contributed by atoms with Gasteiger partial charge in [-0.3, -0.25) is 4.79 Å². The Bertz CT molecular complexity index is 1230. The normalized spacial score (nSPS) is 18.5. The molecule has 1 aromatic heterocycles. The van der Waals surface area contributed by atoms with Crippen LogP contribution in [0, 0.1) is 11.6 Å². The number of fused-ring (bicyclic) bond motifs is 1. The maximum atomic E-state index is 13.6. The van der Waals surface area contributed by atoms with Crippen LogP contribution in [0.3, 0.4) is 0 Å². The van der Waals surface area contributed by atoms with Gasteiger partial charge in [-0.05, 0) is 43.5 Å². The van der Waals surface area contributed by atoms with E-state index in [0.29, 0.717) is 41.0 Å². The van der Waals surface area contributed by atoms with Gasteiger partial charge in [0, 0.05) is 66.4 Å². The summed E-state index contributed by atoms with van der Waals surface area (Å²) in [6, 6.07) is 9.30. The van der Waals surface area contributed by atoms with Crippen molar-refractivity contribution < 1.29 is 18.7 Å². The molecule has 1 atom stereocenters. The highest BCUT2D eigenvalue weighted by Gasteiger charge is 2.23. The number of benzene rings is 2. The number of carbonyl (C=O) groups excluding carboxylic acids is 1. The summed E-state index contributed by atoms with van der Waals surface area (Å²) in [5.74, 6) is -1.92. The van der Waals surface area contributed by atoms with Crippen LogP contribution in [0.4, 0.5) is 14.5 Å². The summed E-state index contributed by atoms with van der Waals surface area (Å²) < 4.78 is 28.8. The van der Waals surface area contributed by atoms with Crippen LogP contribution < -0.4 is 5.32 Å². The van der Waals surface area contributed by atoms with Crippen molar-refractivity contribution >= 4 is 23.2 Å². The van der Waals surface area contributed by atoms with E-state index < -0.39 is 17.9 Å². The van der Waals surface area contributed by atoms with Crippen molar-refractivity contribution in [2.45, 2.75) is 6.23 Å². The van der Waals surface area contributed by atoms with E-state index in [9.17, 15) is 18.7 Å². The second kappa shape index (κ2) is 8.42. The van der Waals surface area contributed by atoms with E-state index in [-0.39, 0.29) is 5.91 Å². The molecule has 2 aliphatic rings. The lowest BCUT2D eigenvalue weighted by Crippen LogP contribution is -2.47. The number of nitrogens with one attached hydrogen (secondary N) is 1. The number of hydrogen-bond acceptors (Lipinski definition) is 5. The third kappa shape index (κ3) is 4.12. The molecule has 170 valence electrons. The zero-order valence-electron chi connectivity index (χ0n) is 18.0. The average Bonchev–Trinajstić information content (AvgIpc) is 3.30. The van der Waals surface area contributed by atoms with E-state index in [1.807, 2.05) is 24.1 Å². The zero-order chi connectivity index (χ0) is 23.1. The molecule has 5 rings (SSSR count). The van der Waals surface area contributed by atoms with Crippen LogP contribution in [-0.2, 0) is 0 Å². The first-order valence-electron chi connectivity index (χ1n) is 10.7. The van der Waals surface area contributed by atoms with E-state index in [2.05, 4.69) is 15.3 Å². The number of carbonyl (C=O) groups is 1. The molecule has 0 saturated carbocycles. The van der Waals surface area contributed by atoms with Crippen molar-refractivity contribution in [3.05, 3.63) is 77.1 Å². The molecule has 3 heterocycles. The first-order valence-corrected chi connectivity index (χ1v) is 10.7. The van der Waals surface area contributed by atoms with E-state index >= 15 is 0 Å². The predicted octanol–water partition coefficient (Wildman–Crippen LogP) is 2.82. The summed E-state index contributed by atoms with van der Waals surface area (Å²) >= 11 is 0. The molecule has 2 aliphatic heterocycles. The number of anilines is 1. The van der Waals surface area contributed by atoms with Gasteiger partial charge in [-0.15, -0.1) is 0 Å². The molecule has 1 amide bonds. The SMILES string of the molecule is CN1CCN(C(=O)c2ccc(-n3cc(C4=Cc5cc(F)c(F)cc5NC4O)cn3)cc2)CC1. The van der Waals surface area contributed by atoms with Gasteiger partial charge in [-0.25, -0.2) is 13.5 Å². The second-order valence-electron chi connectivity index (χ2n) is 8.32. The molecule has 0 bridgehead atoms. The van der Waals surface area contributed by atoms with E-state index in [0.717, 1.165) is 30.9 Å². The molecule has 1 fully saturated rings. The summed E-state index contributed by atoms with van der Waals surface area (Å²) in [6.07, 6.45) is 3.84. The second-order valence-corrected chi connectivity index (χ2v) is 8.32. The van der Waals surface area contributed by atoms with Gasteiger partial charge in [0.05, 0.1) is 11.9 Å². The van der Waals surface area contributed by atoms with E-state index in [1.54, 1.807) is 35.3 Å². The first kappa shape index (κ1) is 21.3. The Morgan fingerprint density at radius 1 is 1.09 bits per heavy atom. The van der Waals surface area contributed by atoms with Crippen molar-refractivity contribution in [1.29, 1.82) is 0 Å². The van der Waals surface area contributed by atoms with Crippen LogP contribution in [0.1, 0.15) is 21.5 Å². The maximum Gasteiger partial charge on any atom is 0.253 e. The minimum absolute atomic E-state index is 0.0136. The molecule has 0 radical (unpaired) electrons. The molecule has 2 aromatic carbocycles. The fraction of sp³-hybridized carbons (Fsp3) is 0.250. The molecule has 0 aliphatic carbocycles. The Labute approximate surface area is 189 Å². The lowest BCUT2D eigenvalue weighted by molar-refractivity contribution is 0.0664. The summed E-state index contributed by atoms with van der Waals surface area (Å²) in [7, 11) is 2.05. The monoisotopic (exact) mass is 451 g/mol. The fourth-order valence-electron chi connectivity index (χ4n) is 4.08. The van der Waals surface area contributed by atoms with Gasteiger partial charge in [0.1, 0.15) is 0 Å². The van der Waals surface area contributed by atoms with Crippen molar-refractivity contribution in [3.63, 3.8) is 0 Å². The molecule has 1 unspecified atom stereocenters. The van der Waals surface area contributed by atoms with Gasteiger partial charge in [0.25, 0.3) is 5.91 Å². The Balaban J connectivity index is 1.36. The highest BCUT2D eigenvalue weighted by atomic mass is 19.2. The maximum absolute atomic E-state index is 13.6. The number of halogens is 2. The number of likely N-dealkylation sites (N-methyl/N-ethyl adjacent to an activating group) is 1. The number of aromatic nitrogens is 2. The zero-order valence-corrected chi connectivity index (χ0v) is 18.0. The first-order chi connectivity index (χ1) is 15.9. The van der Waals surface area contributed by atoms with E-state index in [1.165, 1.54) is 0 Å². The van der Waals surface area contributed by atoms with Gasteiger partial charge in [-0.2, -0.15) is 5.10 Å². The van der Waals surface area contributed by atoms with Crippen LogP contribution in [0.15, 0.2) is 48.8 Å². The highest BCUT2D eigenvalue weighted by molar-refractivity contribution is 5.94. The Morgan fingerprint density at radius 3 is 2.52 bits per heavy atom. The standard InChI is InChI=1S/C24H23F2N5O2/c1-29-6-8-30(9-7-29)24(33)15-2-4-18(5-3-15)31-14-17(13-27-31)19-10-16-11-20(25)21(26)12-22(16)28-23(19)32/h2-5,10-14,23,28,32H,6-9H2,1H3. The molecular formula is C24H23F2N5O2. The molecule has 7 nitrogen and oxygen atoms in total. The van der Waals surface area contributed by atoms with Crippen molar-refractivity contribution in [1.82, 2.24) is 19.6 Å². The number of rotatable bonds is 3. The third-order valence-corrected chi connectivity index (χ3v) is 6.08. The average molecular weight is 451 g/mol. The molecule has 33 heavy (non-hydrogen) atoms.